The minimum absolute atomic E-state index is 0.329. The van der Waals surface area contributed by atoms with Gasteiger partial charge in [0.2, 0.25) is 0 Å². The Bertz CT molecular complexity index is 723. The molecular weight excluding hydrogens is 425 g/mol. The molecule has 3 nitrogen and oxygen atoms in total. The van der Waals surface area contributed by atoms with Crippen molar-refractivity contribution in [2.75, 3.05) is 13.7 Å². The topological polar surface area (TPSA) is 30.5 Å². The van der Waals surface area contributed by atoms with Crippen LogP contribution in [0.3, 0.4) is 0 Å². The van der Waals surface area contributed by atoms with Crippen LogP contribution in [-0.2, 0) is 13.2 Å². The van der Waals surface area contributed by atoms with E-state index in [1.807, 2.05) is 18.2 Å². The molecule has 136 valence electrons. The van der Waals surface area contributed by atoms with Gasteiger partial charge in [-0.05, 0) is 58.2 Å². The van der Waals surface area contributed by atoms with E-state index in [4.69, 9.17) is 32.7 Å². The van der Waals surface area contributed by atoms with Crippen LogP contribution in [0.2, 0.25) is 10.0 Å². The van der Waals surface area contributed by atoms with Crippen LogP contribution in [0.25, 0.3) is 0 Å². The number of methoxy groups -OCH3 is 1. The first-order chi connectivity index (χ1) is 11.9. The van der Waals surface area contributed by atoms with Crippen molar-refractivity contribution >= 4 is 39.1 Å². The van der Waals surface area contributed by atoms with Gasteiger partial charge in [-0.2, -0.15) is 0 Å². The van der Waals surface area contributed by atoms with Crippen LogP contribution < -0.4 is 14.8 Å². The molecule has 0 aliphatic carbocycles. The number of benzene rings is 2. The molecule has 0 saturated heterocycles. The van der Waals surface area contributed by atoms with Crippen molar-refractivity contribution < 1.29 is 9.47 Å². The normalized spacial score (nSPS) is 11.0. The van der Waals surface area contributed by atoms with Gasteiger partial charge < -0.3 is 14.8 Å². The third-order valence-corrected chi connectivity index (χ3v) is 4.73. The first kappa shape index (κ1) is 20.4. The Balaban J connectivity index is 2.11. The Hall–Kier alpha value is -0.940. The number of nitrogens with one attached hydrogen (secondary N) is 1. The maximum absolute atomic E-state index is 6.20. The Morgan fingerprint density at radius 3 is 2.56 bits per heavy atom. The van der Waals surface area contributed by atoms with E-state index in [2.05, 4.69) is 35.1 Å². The summed E-state index contributed by atoms with van der Waals surface area (Å²) < 4.78 is 12.3. The third-order valence-electron chi connectivity index (χ3n) is 3.56. The number of hydrogen-bond acceptors (Lipinski definition) is 3. The average molecular weight is 447 g/mol. The molecule has 0 unspecified atom stereocenters. The molecule has 0 fully saturated rings. The van der Waals surface area contributed by atoms with Crippen molar-refractivity contribution in [3.05, 3.63) is 56.0 Å². The smallest absolute Gasteiger partial charge is 0.175 e. The molecular formula is C19H22BrCl2NO2. The molecule has 0 heterocycles. The summed E-state index contributed by atoms with van der Waals surface area (Å²) in [6.07, 6.45) is 0. The molecule has 0 aliphatic rings. The fourth-order valence-corrected chi connectivity index (χ4v) is 3.38. The molecule has 25 heavy (non-hydrogen) atoms. The lowest BCUT2D eigenvalue weighted by atomic mass is 10.1. The van der Waals surface area contributed by atoms with E-state index in [0.717, 1.165) is 28.7 Å². The molecule has 0 radical (unpaired) electrons. The Morgan fingerprint density at radius 1 is 1.16 bits per heavy atom. The third kappa shape index (κ3) is 6.07. The summed E-state index contributed by atoms with van der Waals surface area (Å²) in [4.78, 5) is 0. The van der Waals surface area contributed by atoms with Gasteiger partial charge in [-0.25, -0.2) is 0 Å². The Labute approximate surface area is 167 Å². The highest BCUT2D eigenvalue weighted by atomic mass is 79.9. The quantitative estimate of drug-likeness (QED) is 0.532. The predicted molar refractivity (Wildman–Crippen MR) is 108 cm³/mol. The fraction of sp³-hybridized carbons (Fsp3) is 0.368. The zero-order valence-corrected chi connectivity index (χ0v) is 17.6. The van der Waals surface area contributed by atoms with Crippen molar-refractivity contribution in [2.24, 2.45) is 5.92 Å². The highest BCUT2D eigenvalue weighted by Crippen LogP contribution is 2.37. The predicted octanol–water partition coefficient (Wildman–Crippen LogP) is 6.09. The molecule has 2 aromatic carbocycles. The zero-order chi connectivity index (χ0) is 18.4. The van der Waals surface area contributed by atoms with E-state index in [-0.39, 0.29) is 0 Å². The zero-order valence-electron chi connectivity index (χ0n) is 14.5. The minimum atomic E-state index is 0.329. The molecule has 0 aromatic heterocycles. The maximum atomic E-state index is 6.20. The van der Waals surface area contributed by atoms with Crippen molar-refractivity contribution in [2.45, 2.75) is 27.0 Å². The van der Waals surface area contributed by atoms with E-state index in [0.29, 0.717) is 34.1 Å². The van der Waals surface area contributed by atoms with Gasteiger partial charge in [0.05, 0.1) is 11.6 Å². The van der Waals surface area contributed by atoms with Crippen molar-refractivity contribution in [1.82, 2.24) is 5.32 Å². The average Bonchev–Trinajstić information content (AvgIpc) is 2.54. The van der Waals surface area contributed by atoms with Gasteiger partial charge in [-0.15, -0.1) is 0 Å². The molecule has 0 saturated carbocycles. The van der Waals surface area contributed by atoms with Crippen LogP contribution in [0.1, 0.15) is 25.0 Å². The molecule has 0 aliphatic heterocycles. The van der Waals surface area contributed by atoms with E-state index < -0.39 is 0 Å². The molecule has 2 rings (SSSR count). The van der Waals surface area contributed by atoms with E-state index in [1.54, 1.807) is 19.2 Å². The number of halogens is 3. The van der Waals surface area contributed by atoms with Crippen molar-refractivity contribution in [3.8, 4) is 11.5 Å². The minimum Gasteiger partial charge on any atom is -0.493 e. The van der Waals surface area contributed by atoms with Gasteiger partial charge in [0.25, 0.3) is 0 Å². The SMILES string of the molecule is COc1cc(CNCC(C)C)cc(Br)c1OCc1ccc(Cl)cc1Cl. The van der Waals surface area contributed by atoms with Gasteiger partial charge in [-0.3, -0.25) is 0 Å². The van der Waals surface area contributed by atoms with Gasteiger partial charge in [0.15, 0.2) is 11.5 Å². The molecule has 1 N–H and O–H groups in total. The first-order valence-corrected chi connectivity index (χ1v) is 9.59. The molecule has 0 bridgehead atoms. The molecule has 6 heteroatoms. The Morgan fingerprint density at radius 2 is 1.92 bits per heavy atom. The highest BCUT2D eigenvalue weighted by molar-refractivity contribution is 9.10. The summed E-state index contributed by atoms with van der Waals surface area (Å²) in [5.74, 6) is 1.94. The van der Waals surface area contributed by atoms with Crippen LogP contribution in [0, 0.1) is 5.92 Å². The summed E-state index contributed by atoms with van der Waals surface area (Å²) in [5, 5.41) is 4.61. The molecule has 2 aromatic rings. The van der Waals surface area contributed by atoms with Crippen LogP contribution in [0.5, 0.6) is 11.5 Å². The highest BCUT2D eigenvalue weighted by Gasteiger charge is 2.13. The molecule has 0 spiro atoms. The van der Waals surface area contributed by atoms with Crippen molar-refractivity contribution in [1.29, 1.82) is 0 Å². The largest absolute Gasteiger partial charge is 0.493 e. The number of ether oxygens (including phenoxy) is 2. The van der Waals surface area contributed by atoms with Crippen molar-refractivity contribution in [3.63, 3.8) is 0 Å². The van der Waals surface area contributed by atoms with Crippen LogP contribution >= 0.6 is 39.1 Å². The van der Waals surface area contributed by atoms with E-state index in [9.17, 15) is 0 Å². The monoisotopic (exact) mass is 445 g/mol. The van der Waals surface area contributed by atoms with Crippen LogP contribution in [0.15, 0.2) is 34.8 Å². The van der Waals surface area contributed by atoms with Crippen LogP contribution in [-0.4, -0.2) is 13.7 Å². The second kappa shape index (κ2) is 9.67. The fourth-order valence-electron chi connectivity index (χ4n) is 2.31. The van der Waals surface area contributed by atoms with Gasteiger partial charge in [-0.1, -0.05) is 43.1 Å². The van der Waals surface area contributed by atoms with E-state index >= 15 is 0 Å². The van der Waals surface area contributed by atoms with Crippen LogP contribution in [0.4, 0.5) is 0 Å². The lowest BCUT2D eigenvalue weighted by molar-refractivity contribution is 0.282. The number of hydrogen-bond donors (Lipinski definition) is 1. The Kier molecular flexibility index (Phi) is 7.88. The summed E-state index contributed by atoms with van der Waals surface area (Å²) in [7, 11) is 1.63. The standard InChI is InChI=1S/C19H22BrCl2NO2/c1-12(2)9-23-10-13-6-16(20)19(18(7-13)24-3)25-11-14-4-5-15(21)8-17(14)22/h4-8,12,23H,9-11H2,1-3H3. The van der Waals surface area contributed by atoms with Gasteiger partial charge in [0.1, 0.15) is 6.61 Å². The second-order valence-corrected chi connectivity index (χ2v) is 7.86. The first-order valence-electron chi connectivity index (χ1n) is 8.04. The second-order valence-electron chi connectivity index (χ2n) is 6.16. The lowest BCUT2D eigenvalue weighted by Gasteiger charge is -2.16. The maximum Gasteiger partial charge on any atom is 0.175 e. The molecule has 0 amide bonds. The number of rotatable bonds is 8. The summed E-state index contributed by atoms with van der Waals surface area (Å²) in [6, 6.07) is 9.38. The summed E-state index contributed by atoms with van der Waals surface area (Å²) >= 11 is 15.7. The van der Waals surface area contributed by atoms with Gasteiger partial charge in [0, 0.05) is 22.2 Å². The van der Waals surface area contributed by atoms with Gasteiger partial charge >= 0.3 is 0 Å². The lowest BCUT2D eigenvalue weighted by Crippen LogP contribution is -2.19. The summed E-state index contributed by atoms with van der Waals surface area (Å²) in [5.41, 5.74) is 1.99. The van der Waals surface area contributed by atoms with E-state index in [1.165, 1.54) is 0 Å². The summed E-state index contributed by atoms with van der Waals surface area (Å²) in [6.45, 7) is 6.43. The molecule has 0 atom stereocenters.